The second-order valence-corrected chi connectivity index (χ2v) is 9.46. The van der Waals surface area contributed by atoms with E-state index in [1.54, 1.807) is 19.0 Å². The van der Waals surface area contributed by atoms with E-state index >= 15 is 0 Å². The third-order valence-corrected chi connectivity index (χ3v) is 6.71. The maximum Gasteiger partial charge on any atom is 0.222 e. The quantitative estimate of drug-likeness (QED) is 0.450. The Morgan fingerprint density at radius 2 is 2.13 bits per heavy atom. The number of carbonyl (C=O) groups excluding carboxylic acids is 1. The van der Waals surface area contributed by atoms with Gasteiger partial charge in [0.2, 0.25) is 5.91 Å². The number of benzene rings is 1. The van der Waals surface area contributed by atoms with Gasteiger partial charge in [0.25, 0.3) is 0 Å². The molecule has 0 radical (unpaired) electrons. The Balaban J connectivity index is 1.47. The second kappa shape index (κ2) is 10.6. The molecule has 2 N–H and O–H groups in total. The summed E-state index contributed by atoms with van der Waals surface area (Å²) >= 11 is 6.02. The molecule has 1 saturated carbocycles. The van der Waals surface area contributed by atoms with Gasteiger partial charge in [0.15, 0.2) is 0 Å². The van der Waals surface area contributed by atoms with Crippen molar-refractivity contribution in [3.63, 3.8) is 0 Å². The lowest BCUT2D eigenvalue weighted by Crippen LogP contribution is -2.21. The van der Waals surface area contributed by atoms with Gasteiger partial charge in [-0.05, 0) is 61.6 Å². The molecule has 5 heteroatoms. The summed E-state index contributed by atoms with van der Waals surface area (Å²) < 4.78 is 0. The molecule has 0 spiro atoms. The zero-order valence-corrected chi connectivity index (χ0v) is 18.8. The van der Waals surface area contributed by atoms with Crippen LogP contribution < -0.4 is 0 Å². The summed E-state index contributed by atoms with van der Waals surface area (Å²) in [6, 6.07) is 7.55. The van der Waals surface area contributed by atoms with Crippen LogP contribution in [0.15, 0.2) is 48.1 Å². The first-order chi connectivity index (χ1) is 14.3. The predicted molar refractivity (Wildman–Crippen MR) is 121 cm³/mol. The van der Waals surface area contributed by atoms with Crippen LogP contribution in [0.5, 0.6) is 0 Å². The molecule has 1 aromatic carbocycles. The number of amides is 1. The van der Waals surface area contributed by atoms with Gasteiger partial charge in [-0.1, -0.05) is 47.5 Å². The molecule has 0 unspecified atom stereocenters. The number of aliphatic hydroxyl groups excluding tert-OH is 2. The van der Waals surface area contributed by atoms with E-state index in [1.807, 2.05) is 36.4 Å². The monoisotopic (exact) mass is 431 g/mol. The minimum atomic E-state index is -0.585. The summed E-state index contributed by atoms with van der Waals surface area (Å²) in [6.07, 6.45) is 11.2. The molecule has 164 valence electrons. The standard InChI is InChI=1S/C25H34ClNO3/c1-27(2)25(30)9-4-3-6-17-12-19-16-24(29)22(23(19)15-17)11-10-21(28)14-18-7-5-8-20(26)13-18/h5,7-8,10-13,19,21-24,28-29H,3-4,6,9,14-16H2,1-2H3/t19-,21-,22+,23-,24+/m0/s1. The smallest absolute Gasteiger partial charge is 0.222 e. The van der Waals surface area contributed by atoms with Gasteiger partial charge < -0.3 is 15.1 Å². The second-order valence-electron chi connectivity index (χ2n) is 9.02. The molecular formula is C25H34ClNO3. The molecule has 1 fully saturated rings. The van der Waals surface area contributed by atoms with Crippen LogP contribution in [-0.2, 0) is 11.2 Å². The summed E-state index contributed by atoms with van der Waals surface area (Å²) in [7, 11) is 3.60. The normalized spacial score (nSPS) is 26.6. The Morgan fingerprint density at radius 3 is 2.87 bits per heavy atom. The number of nitrogens with zero attached hydrogens (tertiary/aromatic N) is 1. The van der Waals surface area contributed by atoms with Crippen molar-refractivity contribution < 1.29 is 15.0 Å². The Kier molecular flexibility index (Phi) is 8.15. The molecule has 0 heterocycles. The number of carbonyl (C=O) groups is 1. The lowest BCUT2D eigenvalue weighted by Gasteiger charge is -2.19. The highest BCUT2D eigenvalue weighted by Crippen LogP contribution is 2.48. The third-order valence-electron chi connectivity index (χ3n) is 6.48. The van der Waals surface area contributed by atoms with Gasteiger partial charge in [-0.15, -0.1) is 0 Å². The Labute approximate surface area is 185 Å². The molecule has 5 atom stereocenters. The predicted octanol–water partition coefficient (Wildman–Crippen LogP) is 4.39. The molecule has 3 rings (SSSR count). The Bertz CT molecular complexity index is 788. The van der Waals surface area contributed by atoms with Crippen LogP contribution in [0, 0.1) is 17.8 Å². The van der Waals surface area contributed by atoms with E-state index in [0.717, 1.165) is 37.7 Å². The maximum absolute atomic E-state index is 11.7. The fraction of sp³-hybridized carbons (Fsp3) is 0.560. The molecular weight excluding hydrogens is 398 g/mol. The molecule has 1 aromatic rings. The number of allylic oxidation sites excluding steroid dienone is 2. The minimum absolute atomic E-state index is 0.0908. The van der Waals surface area contributed by atoms with Crippen LogP contribution in [0.3, 0.4) is 0 Å². The van der Waals surface area contributed by atoms with E-state index in [-0.39, 0.29) is 17.9 Å². The van der Waals surface area contributed by atoms with Gasteiger partial charge in [-0.3, -0.25) is 4.79 Å². The highest BCUT2D eigenvalue weighted by Gasteiger charge is 2.43. The third kappa shape index (κ3) is 6.19. The van der Waals surface area contributed by atoms with Crippen molar-refractivity contribution in [3.8, 4) is 0 Å². The summed E-state index contributed by atoms with van der Waals surface area (Å²) in [5, 5.41) is 21.6. The summed E-state index contributed by atoms with van der Waals surface area (Å²) in [5.41, 5.74) is 2.47. The topological polar surface area (TPSA) is 60.8 Å². The van der Waals surface area contributed by atoms with E-state index in [9.17, 15) is 15.0 Å². The SMILES string of the molecule is CN(C)C(=O)CCCCC1=C[C@H]2C[C@@H](O)[C@H](C=C[C@H](O)Cc3cccc(Cl)c3)[C@H]2C1. The highest BCUT2D eigenvalue weighted by atomic mass is 35.5. The van der Waals surface area contributed by atoms with Crippen molar-refractivity contribution in [2.75, 3.05) is 14.1 Å². The fourth-order valence-electron chi connectivity index (χ4n) is 4.87. The van der Waals surface area contributed by atoms with Gasteiger partial charge in [0.1, 0.15) is 0 Å². The zero-order chi connectivity index (χ0) is 21.7. The van der Waals surface area contributed by atoms with Gasteiger partial charge in [0, 0.05) is 37.9 Å². The molecule has 2 aliphatic carbocycles. The Hall–Kier alpha value is -1.62. The van der Waals surface area contributed by atoms with E-state index in [2.05, 4.69) is 6.08 Å². The lowest BCUT2D eigenvalue weighted by molar-refractivity contribution is -0.128. The van der Waals surface area contributed by atoms with E-state index in [0.29, 0.717) is 29.7 Å². The van der Waals surface area contributed by atoms with Gasteiger partial charge in [-0.2, -0.15) is 0 Å². The number of fused-ring (bicyclic) bond motifs is 1. The van der Waals surface area contributed by atoms with E-state index < -0.39 is 6.10 Å². The number of hydrogen-bond acceptors (Lipinski definition) is 3. The summed E-state index contributed by atoms with van der Waals surface area (Å²) in [6.45, 7) is 0. The molecule has 30 heavy (non-hydrogen) atoms. The van der Waals surface area contributed by atoms with Crippen molar-refractivity contribution >= 4 is 17.5 Å². The number of rotatable bonds is 9. The first-order valence-corrected chi connectivity index (χ1v) is 11.4. The van der Waals surface area contributed by atoms with Crippen LogP contribution >= 0.6 is 11.6 Å². The summed E-state index contributed by atoms with van der Waals surface area (Å²) in [4.78, 5) is 13.3. The molecule has 0 aromatic heterocycles. The van der Waals surface area contributed by atoms with Crippen molar-refractivity contribution in [3.05, 3.63) is 58.7 Å². The van der Waals surface area contributed by atoms with Crippen LogP contribution in [0.2, 0.25) is 5.02 Å². The van der Waals surface area contributed by atoms with Gasteiger partial charge >= 0.3 is 0 Å². The average molecular weight is 432 g/mol. The zero-order valence-electron chi connectivity index (χ0n) is 18.0. The van der Waals surface area contributed by atoms with Crippen molar-refractivity contribution in [2.45, 2.75) is 57.2 Å². The van der Waals surface area contributed by atoms with Crippen LogP contribution in [0.1, 0.15) is 44.1 Å². The van der Waals surface area contributed by atoms with Gasteiger partial charge in [-0.25, -0.2) is 0 Å². The Morgan fingerprint density at radius 1 is 1.33 bits per heavy atom. The molecule has 0 saturated heterocycles. The summed E-state index contributed by atoms with van der Waals surface area (Å²) in [5.74, 6) is 1.14. The first-order valence-electron chi connectivity index (χ1n) is 11.0. The van der Waals surface area contributed by atoms with Gasteiger partial charge in [0.05, 0.1) is 12.2 Å². The molecule has 4 nitrogen and oxygen atoms in total. The average Bonchev–Trinajstić information content (AvgIpc) is 3.19. The van der Waals surface area contributed by atoms with E-state index in [1.165, 1.54) is 5.57 Å². The number of aliphatic hydroxyl groups is 2. The van der Waals surface area contributed by atoms with Crippen LogP contribution in [0.4, 0.5) is 0 Å². The van der Waals surface area contributed by atoms with E-state index in [4.69, 9.17) is 11.6 Å². The largest absolute Gasteiger partial charge is 0.392 e. The minimum Gasteiger partial charge on any atom is -0.392 e. The molecule has 2 aliphatic rings. The molecule has 0 bridgehead atoms. The first kappa shape index (κ1) is 23.1. The number of halogens is 1. The number of unbranched alkanes of at least 4 members (excludes halogenated alkanes) is 1. The number of hydrogen-bond donors (Lipinski definition) is 2. The van der Waals surface area contributed by atoms with Crippen LogP contribution in [-0.4, -0.2) is 47.3 Å². The fourth-order valence-corrected chi connectivity index (χ4v) is 5.09. The van der Waals surface area contributed by atoms with Crippen LogP contribution in [0.25, 0.3) is 0 Å². The molecule has 0 aliphatic heterocycles. The van der Waals surface area contributed by atoms with Crippen molar-refractivity contribution in [1.82, 2.24) is 4.90 Å². The maximum atomic E-state index is 11.7. The van der Waals surface area contributed by atoms with Crippen molar-refractivity contribution in [2.24, 2.45) is 17.8 Å². The lowest BCUT2D eigenvalue weighted by atomic mass is 9.88. The van der Waals surface area contributed by atoms with Crippen molar-refractivity contribution in [1.29, 1.82) is 0 Å². The molecule has 1 amide bonds. The highest BCUT2D eigenvalue weighted by molar-refractivity contribution is 6.30.